The van der Waals surface area contributed by atoms with Crippen molar-refractivity contribution in [1.29, 1.82) is 0 Å². The van der Waals surface area contributed by atoms with Crippen LogP contribution in [0.3, 0.4) is 0 Å². The Bertz CT molecular complexity index is 218. The average molecular weight is 191 g/mol. The van der Waals surface area contributed by atoms with Crippen molar-refractivity contribution in [3.05, 3.63) is 0 Å². The lowest BCUT2D eigenvalue weighted by atomic mass is 9.63. The van der Waals surface area contributed by atoms with Crippen molar-refractivity contribution in [2.24, 2.45) is 5.41 Å². The van der Waals surface area contributed by atoms with Gasteiger partial charge in [0.15, 0.2) is 0 Å². The molecule has 76 valence electrons. The lowest BCUT2D eigenvalue weighted by Gasteiger charge is -2.46. The molecule has 13 heavy (non-hydrogen) atoms. The second-order valence-corrected chi connectivity index (χ2v) is 4.04. The van der Waals surface area contributed by atoms with Gasteiger partial charge in [-0.15, -0.1) is 0 Å². The SMILES string of the molecule is CCC1(C(=O)N(C)C)CC(F)(F)C1. The van der Waals surface area contributed by atoms with Gasteiger partial charge in [-0.05, 0) is 6.42 Å². The van der Waals surface area contributed by atoms with Gasteiger partial charge in [-0.25, -0.2) is 8.78 Å². The molecule has 0 saturated heterocycles. The van der Waals surface area contributed by atoms with Crippen molar-refractivity contribution < 1.29 is 13.6 Å². The molecule has 1 aliphatic carbocycles. The zero-order chi connectivity index (χ0) is 10.3. The highest BCUT2D eigenvalue weighted by Crippen LogP contribution is 2.54. The molecule has 0 unspecified atom stereocenters. The lowest BCUT2D eigenvalue weighted by molar-refractivity contribution is -0.186. The molecule has 0 bridgehead atoms. The van der Waals surface area contributed by atoms with Gasteiger partial charge in [-0.1, -0.05) is 6.92 Å². The van der Waals surface area contributed by atoms with E-state index in [1.807, 2.05) is 0 Å². The number of nitrogens with zero attached hydrogens (tertiary/aromatic N) is 1. The molecule has 0 atom stereocenters. The van der Waals surface area contributed by atoms with Crippen LogP contribution < -0.4 is 0 Å². The van der Waals surface area contributed by atoms with E-state index in [2.05, 4.69) is 0 Å². The molecular weight excluding hydrogens is 176 g/mol. The standard InChI is InChI=1S/C9H15F2NO/c1-4-8(7(13)12(2)3)5-9(10,11)6-8/h4-6H2,1-3H3. The highest BCUT2D eigenvalue weighted by molar-refractivity contribution is 5.83. The van der Waals surface area contributed by atoms with Crippen LogP contribution in [0, 0.1) is 5.41 Å². The van der Waals surface area contributed by atoms with E-state index in [4.69, 9.17) is 0 Å². The summed E-state index contributed by atoms with van der Waals surface area (Å²) in [5.74, 6) is -2.79. The first kappa shape index (κ1) is 10.4. The lowest BCUT2D eigenvalue weighted by Crippen LogP contribution is -2.54. The molecule has 2 nitrogen and oxygen atoms in total. The third-order valence-electron chi connectivity index (χ3n) is 2.73. The van der Waals surface area contributed by atoms with Gasteiger partial charge in [0.1, 0.15) is 0 Å². The third-order valence-corrected chi connectivity index (χ3v) is 2.73. The Hall–Kier alpha value is -0.670. The highest BCUT2D eigenvalue weighted by Gasteiger charge is 2.59. The third kappa shape index (κ3) is 1.67. The summed E-state index contributed by atoms with van der Waals surface area (Å²) in [5, 5.41) is 0. The largest absolute Gasteiger partial charge is 0.348 e. The van der Waals surface area contributed by atoms with Gasteiger partial charge in [0.2, 0.25) is 11.8 Å². The maximum atomic E-state index is 12.7. The van der Waals surface area contributed by atoms with E-state index >= 15 is 0 Å². The first-order chi connectivity index (χ1) is 5.83. The summed E-state index contributed by atoms with van der Waals surface area (Å²) >= 11 is 0. The van der Waals surface area contributed by atoms with Crippen molar-refractivity contribution in [2.45, 2.75) is 32.1 Å². The molecule has 1 rings (SSSR count). The van der Waals surface area contributed by atoms with Gasteiger partial charge in [0, 0.05) is 26.9 Å². The molecule has 1 amide bonds. The highest BCUT2D eigenvalue weighted by atomic mass is 19.3. The second-order valence-electron chi connectivity index (χ2n) is 4.04. The summed E-state index contributed by atoms with van der Waals surface area (Å²) in [7, 11) is 3.21. The van der Waals surface area contributed by atoms with E-state index in [9.17, 15) is 13.6 Å². The predicted molar refractivity (Wildman–Crippen MR) is 45.6 cm³/mol. The van der Waals surface area contributed by atoms with Crippen LogP contribution in [0.4, 0.5) is 8.78 Å². The summed E-state index contributed by atoms with van der Waals surface area (Å²) in [6.07, 6.45) is -0.0688. The molecular formula is C9H15F2NO. The quantitative estimate of drug-likeness (QED) is 0.652. The summed E-state index contributed by atoms with van der Waals surface area (Å²) < 4.78 is 25.3. The molecule has 0 radical (unpaired) electrons. The van der Waals surface area contributed by atoms with Crippen LogP contribution in [0.15, 0.2) is 0 Å². The van der Waals surface area contributed by atoms with Gasteiger partial charge in [0.05, 0.1) is 5.41 Å². The zero-order valence-electron chi connectivity index (χ0n) is 8.23. The Morgan fingerprint density at radius 2 is 1.85 bits per heavy atom. The Balaban J connectivity index is 2.71. The van der Waals surface area contributed by atoms with E-state index in [1.165, 1.54) is 4.90 Å². The van der Waals surface area contributed by atoms with E-state index < -0.39 is 11.3 Å². The van der Waals surface area contributed by atoms with Crippen LogP contribution in [-0.4, -0.2) is 30.8 Å². The maximum absolute atomic E-state index is 12.7. The Kier molecular flexibility index (Phi) is 2.34. The van der Waals surface area contributed by atoms with Gasteiger partial charge >= 0.3 is 0 Å². The summed E-state index contributed by atoms with van der Waals surface area (Å²) in [6, 6.07) is 0. The van der Waals surface area contributed by atoms with Crippen molar-refractivity contribution in [3.63, 3.8) is 0 Å². The number of alkyl halides is 2. The molecule has 0 N–H and O–H groups in total. The van der Waals surface area contributed by atoms with E-state index in [0.717, 1.165) is 0 Å². The Morgan fingerprint density at radius 3 is 2.08 bits per heavy atom. The molecule has 4 heteroatoms. The molecule has 0 aliphatic heterocycles. The number of rotatable bonds is 2. The molecule has 1 fully saturated rings. The van der Waals surface area contributed by atoms with Crippen molar-refractivity contribution >= 4 is 5.91 Å². The Morgan fingerprint density at radius 1 is 1.38 bits per heavy atom. The monoisotopic (exact) mass is 191 g/mol. The topological polar surface area (TPSA) is 20.3 Å². The van der Waals surface area contributed by atoms with Gasteiger partial charge < -0.3 is 4.90 Å². The minimum absolute atomic E-state index is 0.166. The summed E-state index contributed by atoms with van der Waals surface area (Å²) in [6.45, 7) is 1.79. The van der Waals surface area contributed by atoms with Crippen LogP contribution in [0.1, 0.15) is 26.2 Å². The molecule has 0 aromatic heterocycles. The Labute approximate surface area is 76.9 Å². The van der Waals surface area contributed by atoms with Crippen LogP contribution in [0.5, 0.6) is 0 Å². The average Bonchev–Trinajstić information content (AvgIpc) is 1.97. The first-order valence-electron chi connectivity index (χ1n) is 4.42. The molecule has 1 saturated carbocycles. The van der Waals surface area contributed by atoms with Crippen LogP contribution in [-0.2, 0) is 4.79 Å². The smallest absolute Gasteiger partial charge is 0.250 e. The van der Waals surface area contributed by atoms with Crippen molar-refractivity contribution in [3.8, 4) is 0 Å². The molecule has 1 aliphatic rings. The number of amides is 1. The number of carbonyl (C=O) groups is 1. The van der Waals surface area contributed by atoms with Gasteiger partial charge in [-0.3, -0.25) is 4.79 Å². The minimum Gasteiger partial charge on any atom is -0.348 e. The summed E-state index contributed by atoms with van der Waals surface area (Å²) in [5.41, 5.74) is -0.785. The number of carbonyl (C=O) groups excluding carboxylic acids is 1. The van der Waals surface area contributed by atoms with Gasteiger partial charge in [0.25, 0.3) is 0 Å². The van der Waals surface area contributed by atoms with Crippen LogP contribution in [0.2, 0.25) is 0 Å². The van der Waals surface area contributed by atoms with E-state index in [0.29, 0.717) is 6.42 Å². The van der Waals surface area contributed by atoms with Crippen molar-refractivity contribution in [2.75, 3.05) is 14.1 Å². The van der Waals surface area contributed by atoms with Crippen LogP contribution >= 0.6 is 0 Å². The molecule has 0 aromatic rings. The van der Waals surface area contributed by atoms with Crippen molar-refractivity contribution in [1.82, 2.24) is 4.90 Å². The molecule has 0 heterocycles. The van der Waals surface area contributed by atoms with Crippen LogP contribution in [0.25, 0.3) is 0 Å². The first-order valence-corrected chi connectivity index (χ1v) is 4.42. The molecule has 0 spiro atoms. The van der Waals surface area contributed by atoms with E-state index in [1.54, 1.807) is 21.0 Å². The number of hydrogen-bond acceptors (Lipinski definition) is 1. The minimum atomic E-state index is -2.62. The number of hydrogen-bond donors (Lipinski definition) is 0. The maximum Gasteiger partial charge on any atom is 0.250 e. The van der Waals surface area contributed by atoms with E-state index in [-0.39, 0.29) is 18.7 Å². The predicted octanol–water partition coefficient (Wildman–Crippen LogP) is 1.90. The van der Waals surface area contributed by atoms with Gasteiger partial charge in [-0.2, -0.15) is 0 Å². The normalized spacial score (nSPS) is 23.5. The fourth-order valence-electron chi connectivity index (χ4n) is 1.97. The fourth-order valence-corrected chi connectivity index (χ4v) is 1.97. The zero-order valence-corrected chi connectivity index (χ0v) is 8.23. The number of halogens is 2. The summed E-state index contributed by atoms with van der Waals surface area (Å²) in [4.78, 5) is 13.0. The fraction of sp³-hybridized carbons (Fsp3) is 0.889. The molecule has 0 aromatic carbocycles. The second kappa shape index (κ2) is 2.93.